The van der Waals surface area contributed by atoms with E-state index < -0.39 is 41.6 Å². The quantitative estimate of drug-likeness (QED) is 0.201. The predicted octanol–water partition coefficient (Wildman–Crippen LogP) is 0.966. The Kier molecular flexibility index (Phi) is 7.20. The summed E-state index contributed by atoms with van der Waals surface area (Å²) in [6.07, 6.45) is 0.775. The number of carbonyl (C=O) groups is 4. The number of amides is 2. The van der Waals surface area contributed by atoms with E-state index in [-0.39, 0.29) is 22.1 Å². The monoisotopic (exact) mass is 540 g/mol. The molecule has 1 fully saturated rings. The van der Waals surface area contributed by atoms with E-state index in [9.17, 15) is 24.3 Å². The highest BCUT2D eigenvalue weighted by Gasteiger charge is 2.54. The molecule has 0 aromatic carbocycles. The van der Waals surface area contributed by atoms with Crippen molar-refractivity contribution in [2.24, 2.45) is 0 Å². The van der Waals surface area contributed by atoms with E-state index in [1.807, 2.05) is 0 Å². The summed E-state index contributed by atoms with van der Waals surface area (Å²) in [6, 6.07) is -0.965. The number of thiazole rings is 1. The van der Waals surface area contributed by atoms with Gasteiger partial charge in [-0.1, -0.05) is 22.3 Å². The number of rotatable bonds is 9. The van der Waals surface area contributed by atoms with E-state index >= 15 is 0 Å². The van der Waals surface area contributed by atoms with Crippen LogP contribution in [0, 0.1) is 0 Å². The van der Waals surface area contributed by atoms with Crippen LogP contribution in [0.2, 0.25) is 0 Å². The zero-order chi connectivity index (χ0) is 24.4. The second kappa shape index (κ2) is 10.1. The summed E-state index contributed by atoms with van der Waals surface area (Å²) in [7, 11) is 0. The Morgan fingerprint density at radius 1 is 1.32 bits per heavy atom. The number of nitrogen functional groups attached to an aromatic ring is 1. The van der Waals surface area contributed by atoms with Crippen LogP contribution in [-0.2, 0) is 19.2 Å². The van der Waals surface area contributed by atoms with Crippen molar-refractivity contribution in [3.05, 3.63) is 33.8 Å². The molecule has 0 aliphatic carbocycles. The number of carbonyl (C=O) groups excluding carboxylic acids is 2. The lowest BCUT2D eigenvalue weighted by Gasteiger charge is -2.49. The molecule has 4 heterocycles. The average Bonchev–Trinajstić information content (AvgIpc) is 3.47. The molecule has 34 heavy (non-hydrogen) atoms. The number of nitrogens with one attached hydrogen (secondary N) is 1. The molecule has 2 aliphatic heterocycles. The largest absolute Gasteiger partial charge is 0.481 e. The van der Waals surface area contributed by atoms with Gasteiger partial charge in [-0.3, -0.25) is 19.3 Å². The third-order valence-corrected chi connectivity index (χ3v) is 8.45. The Morgan fingerprint density at radius 3 is 2.74 bits per heavy atom. The van der Waals surface area contributed by atoms with Crippen LogP contribution in [0.3, 0.4) is 0 Å². The Bertz CT molecular complexity index is 1210. The van der Waals surface area contributed by atoms with Gasteiger partial charge in [-0.05, 0) is 17.1 Å². The number of aliphatic carboxylic acids is 2. The molecular formula is C18H16N6O6S4. The van der Waals surface area contributed by atoms with Gasteiger partial charge in [0.2, 0.25) is 0 Å². The molecule has 2 aromatic rings. The van der Waals surface area contributed by atoms with E-state index in [4.69, 9.17) is 10.8 Å². The Balaban J connectivity index is 1.50. The van der Waals surface area contributed by atoms with E-state index in [1.165, 1.54) is 51.4 Å². The number of carboxylic acids is 2. The van der Waals surface area contributed by atoms with Crippen molar-refractivity contribution in [1.29, 1.82) is 0 Å². The second-order valence-electron chi connectivity index (χ2n) is 6.94. The molecule has 0 spiro atoms. The van der Waals surface area contributed by atoms with Gasteiger partial charge in [0, 0.05) is 22.3 Å². The van der Waals surface area contributed by atoms with Gasteiger partial charge in [0.1, 0.15) is 22.1 Å². The van der Waals surface area contributed by atoms with Gasteiger partial charge in [0.25, 0.3) is 11.8 Å². The molecule has 2 aliphatic rings. The van der Waals surface area contributed by atoms with E-state index in [0.29, 0.717) is 22.1 Å². The fourth-order valence-corrected chi connectivity index (χ4v) is 6.78. The molecule has 0 unspecified atom stereocenters. The molecule has 0 radical (unpaired) electrons. The first kappa shape index (κ1) is 24.2. The zero-order valence-electron chi connectivity index (χ0n) is 17.0. The number of β-lactam (4-membered cyclic amide) rings is 1. The molecule has 4 rings (SSSR count). The zero-order valence-corrected chi connectivity index (χ0v) is 20.3. The SMILES string of the molecule is Nc1nc(/C(=C\CC(=O)O)C(=O)N[C@@H]2C(=O)N3C(C(=O)O)=C(CSc4csnn4)CS[C@H]23)cs1. The Labute approximate surface area is 208 Å². The van der Waals surface area contributed by atoms with Crippen molar-refractivity contribution in [3.8, 4) is 0 Å². The number of thioether (sulfide) groups is 2. The van der Waals surface area contributed by atoms with Gasteiger partial charge in [-0.15, -0.1) is 28.2 Å². The molecule has 2 amide bonds. The van der Waals surface area contributed by atoms with Crippen LogP contribution in [-0.4, -0.2) is 76.4 Å². The van der Waals surface area contributed by atoms with Crippen LogP contribution < -0.4 is 11.1 Å². The average molecular weight is 541 g/mol. The van der Waals surface area contributed by atoms with Crippen molar-refractivity contribution in [3.63, 3.8) is 0 Å². The van der Waals surface area contributed by atoms with Gasteiger partial charge in [-0.2, -0.15) is 0 Å². The Hall–Kier alpha value is -2.95. The first-order valence-electron chi connectivity index (χ1n) is 9.50. The number of nitrogens with two attached hydrogens (primary N) is 1. The minimum Gasteiger partial charge on any atom is -0.481 e. The number of nitrogens with zero attached hydrogens (tertiary/aromatic N) is 4. The lowest BCUT2D eigenvalue weighted by Crippen LogP contribution is -2.70. The molecule has 0 bridgehead atoms. The highest BCUT2D eigenvalue weighted by atomic mass is 32.2. The lowest BCUT2D eigenvalue weighted by atomic mass is 10.0. The first-order chi connectivity index (χ1) is 16.3. The molecule has 1 saturated heterocycles. The number of anilines is 1. The maximum absolute atomic E-state index is 12.9. The van der Waals surface area contributed by atoms with E-state index in [1.54, 1.807) is 5.38 Å². The smallest absolute Gasteiger partial charge is 0.352 e. The van der Waals surface area contributed by atoms with Crippen LogP contribution in [0.4, 0.5) is 5.13 Å². The second-order valence-corrected chi connectivity index (χ2v) is 10.5. The molecule has 2 atom stereocenters. The van der Waals surface area contributed by atoms with Crippen LogP contribution in [0.15, 0.2) is 33.1 Å². The van der Waals surface area contributed by atoms with Crippen molar-refractivity contribution >= 4 is 80.9 Å². The summed E-state index contributed by atoms with van der Waals surface area (Å²) in [6.45, 7) is 0. The maximum atomic E-state index is 12.9. The maximum Gasteiger partial charge on any atom is 0.352 e. The van der Waals surface area contributed by atoms with Crippen LogP contribution in [0.1, 0.15) is 12.1 Å². The van der Waals surface area contributed by atoms with E-state index in [2.05, 4.69) is 19.9 Å². The molecule has 178 valence electrons. The number of aromatic nitrogens is 3. The normalized spacial score (nSPS) is 20.1. The van der Waals surface area contributed by atoms with Crippen LogP contribution in [0.25, 0.3) is 5.57 Å². The van der Waals surface area contributed by atoms with Gasteiger partial charge in [-0.25, -0.2) is 9.78 Å². The molecule has 0 saturated carbocycles. The summed E-state index contributed by atoms with van der Waals surface area (Å²) in [4.78, 5) is 54.0. The summed E-state index contributed by atoms with van der Waals surface area (Å²) in [5.74, 6) is -2.93. The third-order valence-electron chi connectivity index (χ3n) is 4.79. The minimum atomic E-state index is -1.23. The van der Waals surface area contributed by atoms with Crippen molar-refractivity contribution in [2.75, 3.05) is 17.2 Å². The number of carboxylic acid groups (broad SMARTS) is 2. The molecule has 5 N–H and O–H groups in total. The van der Waals surface area contributed by atoms with Crippen molar-refractivity contribution < 1.29 is 29.4 Å². The molecular weight excluding hydrogens is 525 g/mol. The first-order valence-corrected chi connectivity index (χ1v) is 13.3. The molecule has 12 nitrogen and oxygen atoms in total. The summed E-state index contributed by atoms with van der Waals surface area (Å²) in [5, 5.41) is 28.8. The molecule has 2 aromatic heterocycles. The summed E-state index contributed by atoms with van der Waals surface area (Å²) >= 11 is 4.94. The van der Waals surface area contributed by atoms with Gasteiger partial charge >= 0.3 is 11.9 Å². The number of hydrogen-bond donors (Lipinski definition) is 4. The fourth-order valence-electron chi connectivity index (χ4n) is 3.31. The van der Waals surface area contributed by atoms with Crippen LogP contribution >= 0.6 is 46.4 Å². The van der Waals surface area contributed by atoms with Gasteiger partial charge in [0.05, 0.1) is 17.7 Å². The standard InChI is InChI=1S/C18H16N6O6S4/c19-18-20-9(5-33-18)8(1-2-11(25)26)14(27)21-12-15(28)24-13(17(29)30)7(4-32-16(12)24)3-31-10-6-34-23-22-10/h1,5-6,12,16H,2-4H2,(H2,19,20)(H,21,27)(H,25,26)(H,29,30)/b8-1+/t12-,16-/m1/s1. The highest BCUT2D eigenvalue weighted by Crippen LogP contribution is 2.41. The molecule has 16 heteroatoms. The van der Waals surface area contributed by atoms with Gasteiger partial charge < -0.3 is 21.3 Å². The number of fused-ring (bicyclic) bond motifs is 1. The fraction of sp³-hybridized carbons (Fsp3) is 0.278. The summed E-state index contributed by atoms with van der Waals surface area (Å²) in [5.41, 5.74) is 6.29. The number of hydrogen-bond acceptors (Lipinski definition) is 12. The minimum absolute atomic E-state index is 0.0228. The summed E-state index contributed by atoms with van der Waals surface area (Å²) < 4.78 is 3.77. The van der Waals surface area contributed by atoms with E-state index in [0.717, 1.165) is 11.3 Å². The van der Waals surface area contributed by atoms with Crippen molar-refractivity contribution in [2.45, 2.75) is 22.9 Å². The predicted molar refractivity (Wildman–Crippen MR) is 127 cm³/mol. The van der Waals surface area contributed by atoms with Crippen molar-refractivity contribution in [1.82, 2.24) is 24.8 Å². The Morgan fingerprint density at radius 2 is 2.12 bits per heavy atom. The highest BCUT2D eigenvalue weighted by molar-refractivity contribution is 8.01. The third kappa shape index (κ3) is 4.94. The lowest BCUT2D eigenvalue weighted by molar-refractivity contribution is -0.150. The van der Waals surface area contributed by atoms with Crippen LogP contribution in [0.5, 0.6) is 0 Å². The van der Waals surface area contributed by atoms with Gasteiger partial charge in [0.15, 0.2) is 5.13 Å². The topological polar surface area (TPSA) is 189 Å².